The summed E-state index contributed by atoms with van der Waals surface area (Å²) in [5, 5.41) is 25.5. The van der Waals surface area contributed by atoms with E-state index in [9.17, 15) is 15.0 Å². The van der Waals surface area contributed by atoms with Gasteiger partial charge in [0.15, 0.2) is 0 Å². The molecule has 1 aromatic rings. The molecule has 2 amide bonds. The van der Waals surface area contributed by atoms with Crippen molar-refractivity contribution in [2.45, 2.75) is 83.8 Å². The molecular weight excluding hydrogens is 464 g/mol. The molecule has 0 aliphatic heterocycles. The first-order chi connectivity index (χ1) is 17.6. The van der Waals surface area contributed by atoms with Gasteiger partial charge in [-0.25, -0.2) is 4.79 Å². The largest absolute Gasteiger partial charge is 0.497 e. The van der Waals surface area contributed by atoms with E-state index in [4.69, 9.17) is 4.74 Å². The zero-order valence-corrected chi connectivity index (χ0v) is 22.9. The molecule has 0 bridgehead atoms. The van der Waals surface area contributed by atoms with Crippen LogP contribution in [-0.4, -0.2) is 53.0 Å². The maximum atomic E-state index is 13.3. The summed E-state index contributed by atoms with van der Waals surface area (Å²) in [6.07, 6.45) is 11.6. The molecule has 0 radical (unpaired) electrons. The normalized spacial score (nSPS) is 36.4. The van der Waals surface area contributed by atoms with Gasteiger partial charge in [-0.05, 0) is 92.9 Å². The molecule has 3 N–H and O–H groups in total. The minimum absolute atomic E-state index is 0.123. The van der Waals surface area contributed by atoms with E-state index in [0.717, 1.165) is 56.4 Å². The van der Waals surface area contributed by atoms with Gasteiger partial charge < -0.3 is 25.2 Å². The molecule has 0 saturated heterocycles. The van der Waals surface area contributed by atoms with Gasteiger partial charge in [-0.3, -0.25) is 0 Å². The smallest absolute Gasteiger partial charge is 0.321 e. The van der Waals surface area contributed by atoms with Crippen LogP contribution >= 0.6 is 0 Å². The zero-order valence-electron chi connectivity index (χ0n) is 22.9. The average Bonchev–Trinajstić information content (AvgIpc) is 3.15. The number of fused-ring (bicyclic) bond motifs is 5. The summed E-state index contributed by atoms with van der Waals surface area (Å²) in [4.78, 5) is 15.1. The number of benzene rings is 1. The Morgan fingerprint density at radius 2 is 1.81 bits per heavy atom. The second kappa shape index (κ2) is 9.77. The predicted molar refractivity (Wildman–Crippen MR) is 147 cm³/mol. The highest BCUT2D eigenvalue weighted by molar-refractivity contribution is 5.89. The Balaban J connectivity index is 1.36. The summed E-state index contributed by atoms with van der Waals surface area (Å²) in [6.45, 7) is 7.68. The van der Waals surface area contributed by atoms with E-state index < -0.39 is 5.60 Å². The minimum atomic E-state index is -0.927. The third-order valence-corrected chi connectivity index (χ3v) is 10.4. The predicted octanol–water partition coefficient (Wildman–Crippen LogP) is 5.91. The number of urea groups is 1. The molecule has 4 aliphatic rings. The lowest BCUT2D eigenvalue weighted by Gasteiger charge is -2.56. The molecule has 3 fully saturated rings. The first-order valence-corrected chi connectivity index (χ1v) is 14.1. The van der Waals surface area contributed by atoms with Gasteiger partial charge in [-0.2, -0.15) is 0 Å². The lowest BCUT2D eigenvalue weighted by molar-refractivity contribution is -0.0958. The molecule has 0 aromatic heterocycles. The molecular formula is C31H44N2O4. The Kier molecular flexibility index (Phi) is 6.95. The number of aliphatic hydroxyl groups is 2. The number of carbonyl (C=O) groups is 1. The number of carbonyl (C=O) groups excluding carboxylic acids is 1. The fraction of sp³-hybridized carbons (Fsp3) is 0.645. The molecule has 6 nitrogen and oxygen atoms in total. The van der Waals surface area contributed by atoms with E-state index in [1.165, 1.54) is 11.1 Å². The number of ether oxygens (including phenoxy) is 1. The number of aliphatic hydroxyl groups excluding tert-OH is 1. The Hall–Kier alpha value is -2.31. The molecule has 0 spiro atoms. The van der Waals surface area contributed by atoms with Gasteiger partial charge in [0.25, 0.3) is 0 Å². The highest BCUT2D eigenvalue weighted by Gasteiger charge is 2.62. The van der Waals surface area contributed by atoms with Gasteiger partial charge in [0.2, 0.25) is 0 Å². The van der Waals surface area contributed by atoms with E-state index >= 15 is 0 Å². The summed E-state index contributed by atoms with van der Waals surface area (Å²) in [6, 6.07) is 7.18. The molecule has 4 aliphatic carbocycles. The lowest BCUT2D eigenvalue weighted by atomic mass is 9.50. The maximum Gasteiger partial charge on any atom is 0.321 e. The summed E-state index contributed by atoms with van der Waals surface area (Å²) in [7, 11) is 1.62. The van der Waals surface area contributed by atoms with Crippen LogP contribution in [0.5, 0.6) is 5.75 Å². The first-order valence-electron chi connectivity index (χ1n) is 14.1. The van der Waals surface area contributed by atoms with Gasteiger partial charge in [0.1, 0.15) is 5.75 Å². The van der Waals surface area contributed by atoms with Crippen molar-refractivity contribution < 1.29 is 19.7 Å². The number of nitrogens with zero attached hydrogens (tertiary/aromatic N) is 1. The first kappa shape index (κ1) is 26.3. The molecule has 1 aromatic carbocycles. The number of hydrogen-bond donors (Lipinski definition) is 3. The SMILES string of the molecule is CCCN(CC1(O)CCC2C3=CC=C4CC(O)CCC4(C)C3CCC21C)C(=O)Nc1ccc(OC)cc1. The van der Waals surface area contributed by atoms with Crippen molar-refractivity contribution in [2.75, 3.05) is 25.5 Å². The fourth-order valence-electron chi connectivity index (χ4n) is 8.07. The van der Waals surface area contributed by atoms with Crippen molar-refractivity contribution >= 4 is 11.7 Å². The topological polar surface area (TPSA) is 82.0 Å². The number of anilines is 1. The summed E-state index contributed by atoms with van der Waals surface area (Å²) >= 11 is 0. The van der Waals surface area contributed by atoms with Crippen molar-refractivity contribution in [3.05, 3.63) is 47.6 Å². The highest BCUT2D eigenvalue weighted by atomic mass is 16.5. The quantitative estimate of drug-likeness (QED) is 0.446. The van der Waals surface area contributed by atoms with E-state index in [0.29, 0.717) is 31.3 Å². The summed E-state index contributed by atoms with van der Waals surface area (Å²) in [5.41, 5.74) is 2.55. The third-order valence-electron chi connectivity index (χ3n) is 10.4. The second-order valence-electron chi connectivity index (χ2n) is 12.4. The van der Waals surface area contributed by atoms with Gasteiger partial charge in [-0.1, -0.05) is 44.1 Å². The van der Waals surface area contributed by atoms with Crippen LogP contribution in [0.25, 0.3) is 0 Å². The standard InChI is InChI=1S/C31H44N2O4/c1-5-18-33(28(35)32-22-7-9-24(37-4)10-8-22)20-31(36)17-14-27-25-11-6-21-19-23(34)12-15-29(21,2)26(25)13-16-30(27,31)3/h6-11,23,26-27,34,36H,5,12-20H2,1-4H3,(H,32,35). The molecule has 37 heavy (non-hydrogen) atoms. The van der Waals surface area contributed by atoms with Crippen LogP contribution in [0, 0.1) is 22.7 Å². The monoisotopic (exact) mass is 508 g/mol. The van der Waals surface area contributed by atoms with Crippen LogP contribution in [0.3, 0.4) is 0 Å². The van der Waals surface area contributed by atoms with Crippen molar-refractivity contribution in [1.82, 2.24) is 4.90 Å². The number of hydrogen-bond acceptors (Lipinski definition) is 4. The number of methoxy groups -OCH3 is 1. The van der Waals surface area contributed by atoms with Crippen molar-refractivity contribution in [1.29, 1.82) is 0 Å². The van der Waals surface area contributed by atoms with E-state index in [2.05, 4.69) is 38.2 Å². The maximum absolute atomic E-state index is 13.3. The van der Waals surface area contributed by atoms with Crippen LogP contribution in [0.4, 0.5) is 10.5 Å². The van der Waals surface area contributed by atoms with Crippen molar-refractivity contribution in [3.63, 3.8) is 0 Å². The zero-order chi connectivity index (χ0) is 26.4. The van der Waals surface area contributed by atoms with Crippen molar-refractivity contribution in [3.8, 4) is 5.75 Å². The number of nitrogens with one attached hydrogen (secondary N) is 1. The fourth-order valence-corrected chi connectivity index (χ4v) is 8.07. The Labute approximate surface area is 221 Å². The number of rotatable bonds is 6. The van der Waals surface area contributed by atoms with E-state index in [-0.39, 0.29) is 23.0 Å². The average molecular weight is 509 g/mol. The Morgan fingerprint density at radius 3 is 2.51 bits per heavy atom. The third kappa shape index (κ3) is 4.40. The molecule has 202 valence electrons. The number of allylic oxidation sites excluding steroid dienone is 3. The molecule has 5 rings (SSSR count). The highest BCUT2D eigenvalue weighted by Crippen LogP contribution is 2.66. The van der Waals surface area contributed by atoms with Crippen molar-refractivity contribution in [2.24, 2.45) is 22.7 Å². The van der Waals surface area contributed by atoms with E-state index in [1.807, 2.05) is 24.3 Å². The van der Waals surface area contributed by atoms with Gasteiger partial charge in [-0.15, -0.1) is 0 Å². The van der Waals surface area contributed by atoms with Gasteiger partial charge in [0, 0.05) is 17.6 Å². The molecule has 3 saturated carbocycles. The van der Waals surface area contributed by atoms with Crippen LogP contribution < -0.4 is 10.1 Å². The van der Waals surface area contributed by atoms with Crippen LogP contribution in [0.15, 0.2) is 47.6 Å². The van der Waals surface area contributed by atoms with E-state index in [1.54, 1.807) is 12.0 Å². The van der Waals surface area contributed by atoms with Gasteiger partial charge in [0.05, 0.1) is 25.4 Å². The Morgan fingerprint density at radius 1 is 1.08 bits per heavy atom. The summed E-state index contributed by atoms with van der Waals surface area (Å²) < 4.78 is 5.23. The van der Waals surface area contributed by atoms with Gasteiger partial charge >= 0.3 is 6.03 Å². The van der Waals surface area contributed by atoms with Crippen LogP contribution in [-0.2, 0) is 0 Å². The molecule has 0 heterocycles. The number of amides is 2. The molecule has 6 heteroatoms. The molecule has 6 atom stereocenters. The Bertz CT molecular complexity index is 1080. The lowest BCUT2D eigenvalue weighted by Crippen LogP contribution is -2.57. The molecule has 6 unspecified atom stereocenters. The van der Waals surface area contributed by atoms with Crippen LogP contribution in [0.1, 0.15) is 72.1 Å². The second-order valence-corrected chi connectivity index (χ2v) is 12.4. The summed E-state index contributed by atoms with van der Waals surface area (Å²) in [5.74, 6) is 1.56. The minimum Gasteiger partial charge on any atom is -0.497 e. The van der Waals surface area contributed by atoms with Crippen LogP contribution in [0.2, 0.25) is 0 Å².